The van der Waals surface area contributed by atoms with E-state index in [4.69, 9.17) is 5.73 Å². The molecule has 1 aromatic carbocycles. The SMILES string of the molecule is CSc1cc(N)nc(SCc2cccc3cccnc23)n1. The summed E-state index contributed by atoms with van der Waals surface area (Å²) in [6, 6.07) is 12.0. The minimum absolute atomic E-state index is 0.507. The fourth-order valence-corrected chi connectivity index (χ4v) is 3.34. The average molecular weight is 314 g/mol. The third-order valence-electron chi connectivity index (χ3n) is 2.98. The van der Waals surface area contributed by atoms with Crippen LogP contribution in [-0.4, -0.2) is 21.2 Å². The molecule has 0 aliphatic heterocycles. The molecule has 0 aliphatic carbocycles. The van der Waals surface area contributed by atoms with Gasteiger partial charge in [0.25, 0.3) is 0 Å². The highest BCUT2D eigenvalue weighted by Gasteiger charge is 2.06. The van der Waals surface area contributed by atoms with Gasteiger partial charge >= 0.3 is 0 Å². The fraction of sp³-hybridized carbons (Fsp3) is 0.133. The van der Waals surface area contributed by atoms with Crippen LogP contribution >= 0.6 is 23.5 Å². The maximum absolute atomic E-state index is 5.80. The van der Waals surface area contributed by atoms with Gasteiger partial charge in [-0.05, 0) is 17.9 Å². The van der Waals surface area contributed by atoms with Gasteiger partial charge in [0.1, 0.15) is 10.8 Å². The largest absolute Gasteiger partial charge is 0.384 e. The molecule has 0 saturated carbocycles. The Morgan fingerprint density at radius 3 is 2.86 bits per heavy atom. The summed E-state index contributed by atoms with van der Waals surface area (Å²) in [6.07, 6.45) is 3.80. The molecule has 0 spiro atoms. The first-order valence-electron chi connectivity index (χ1n) is 6.40. The van der Waals surface area contributed by atoms with Gasteiger partial charge in [-0.2, -0.15) is 0 Å². The number of para-hydroxylation sites is 1. The molecule has 6 heteroatoms. The molecule has 0 bridgehead atoms. The molecular weight excluding hydrogens is 300 g/mol. The predicted octanol–water partition coefficient (Wildman–Crippen LogP) is 3.62. The molecule has 2 N–H and O–H groups in total. The van der Waals surface area contributed by atoms with Crippen molar-refractivity contribution in [1.29, 1.82) is 0 Å². The number of nitrogens with zero attached hydrogens (tertiary/aromatic N) is 3. The number of hydrogen-bond donors (Lipinski definition) is 1. The molecule has 0 unspecified atom stereocenters. The van der Waals surface area contributed by atoms with Gasteiger partial charge < -0.3 is 5.73 Å². The van der Waals surface area contributed by atoms with Gasteiger partial charge in [0.05, 0.1) is 5.52 Å². The molecule has 0 radical (unpaired) electrons. The second-order valence-electron chi connectivity index (χ2n) is 4.40. The number of thioether (sulfide) groups is 2. The van der Waals surface area contributed by atoms with E-state index in [0.717, 1.165) is 21.7 Å². The van der Waals surface area contributed by atoms with Gasteiger partial charge in [0.2, 0.25) is 0 Å². The normalized spacial score (nSPS) is 10.9. The zero-order valence-corrected chi connectivity index (χ0v) is 13.1. The molecule has 0 amide bonds. The molecule has 0 saturated heterocycles. The van der Waals surface area contributed by atoms with Gasteiger partial charge in [0.15, 0.2) is 5.16 Å². The lowest BCUT2D eigenvalue weighted by Gasteiger charge is -2.06. The number of anilines is 1. The fourth-order valence-electron chi connectivity index (χ4n) is 2.02. The first kappa shape index (κ1) is 14.2. The van der Waals surface area contributed by atoms with Gasteiger partial charge in [-0.25, -0.2) is 9.97 Å². The molecule has 4 nitrogen and oxygen atoms in total. The molecule has 0 fully saturated rings. The van der Waals surface area contributed by atoms with Crippen LogP contribution in [0.2, 0.25) is 0 Å². The zero-order chi connectivity index (χ0) is 14.7. The van der Waals surface area contributed by atoms with Crippen molar-refractivity contribution in [3.8, 4) is 0 Å². The van der Waals surface area contributed by atoms with Gasteiger partial charge in [-0.1, -0.05) is 36.0 Å². The highest BCUT2D eigenvalue weighted by atomic mass is 32.2. The monoisotopic (exact) mass is 314 g/mol. The van der Waals surface area contributed by atoms with E-state index in [1.165, 1.54) is 5.56 Å². The summed E-state index contributed by atoms with van der Waals surface area (Å²) in [5, 5.41) is 2.74. The second-order valence-corrected chi connectivity index (χ2v) is 6.17. The number of nitrogens with two attached hydrogens (primary N) is 1. The highest BCUT2D eigenvalue weighted by molar-refractivity contribution is 7.99. The Morgan fingerprint density at radius 1 is 1.14 bits per heavy atom. The third-order valence-corrected chi connectivity index (χ3v) is 4.51. The Morgan fingerprint density at radius 2 is 2.00 bits per heavy atom. The van der Waals surface area contributed by atoms with Crippen LogP contribution < -0.4 is 5.73 Å². The zero-order valence-electron chi connectivity index (χ0n) is 11.5. The summed E-state index contributed by atoms with van der Waals surface area (Å²) in [7, 11) is 0. The summed E-state index contributed by atoms with van der Waals surface area (Å²) in [6.45, 7) is 0. The van der Waals surface area contributed by atoms with E-state index in [2.05, 4.69) is 33.2 Å². The number of hydrogen-bond acceptors (Lipinski definition) is 6. The van der Waals surface area contributed by atoms with Crippen LogP contribution in [0.4, 0.5) is 5.82 Å². The maximum Gasteiger partial charge on any atom is 0.190 e. The summed E-state index contributed by atoms with van der Waals surface area (Å²) >= 11 is 3.14. The van der Waals surface area contributed by atoms with Crippen molar-refractivity contribution in [2.24, 2.45) is 0 Å². The summed E-state index contributed by atoms with van der Waals surface area (Å²) < 4.78 is 0. The minimum atomic E-state index is 0.507. The van der Waals surface area contributed by atoms with E-state index in [1.54, 1.807) is 29.6 Å². The molecule has 106 valence electrons. The third kappa shape index (κ3) is 3.28. The van der Waals surface area contributed by atoms with Crippen molar-refractivity contribution >= 4 is 40.2 Å². The molecule has 2 aromatic heterocycles. The van der Waals surface area contributed by atoms with Crippen LogP contribution in [0, 0.1) is 0 Å². The van der Waals surface area contributed by atoms with Gasteiger partial charge in [0, 0.05) is 23.4 Å². The Balaban J connectivity index is 1.85. The number of nitrogen functional groups attached to an aromatic ring is 1. The smallest absolute Gasteiger partial charge is 0.190 e. The van der Waals surface area contributed by atoms with Crippen molar-refractivity contribution in [2.45, 2.75) is 15.9 Å². The molecule has 0 atom stereocenters. The molecule has 0 aliphatic rings. The number of pyridine rings is 1. The Labute approximate surface area is 131 Å². The van der Waals surface area contributed by atoms with Crippen LogP contribution in [0.15, 0.2) is 52.8 Å². The lowest BCUT2D eigenvalue weighted by molar-refractivity contribution is 0.900. The quantitative estimate of drug-likeness (QED) is 0.451. The first-order chi connectivity index (χ1) is 10.3. The van der Waals surface area contributed by atoms with Crippen molar-refractivity contribution in [3.05, 3.63) is 48.2 Å². The van der Waals surface area contributed by atoms with Crippen LogP contribution in [0.3, 0.4) is 0 Å². The summed E-state index contributed by atoms with van der Waals surface area (Å²) in [5.41, 5.74) is 8.01. The van der Waals surface area contributed by atoms with E-state index in [1.807, 2.05) is 24.6 Å². The molecule has 21 heavy (non-hydrogen) atoms. The minimum Gasteiger partial charge on any atom is -0.384 e. The van der Waals surface area contributed by atoms with Crippen LogP contribution in [0.5, 0.6) is 0 Å². The van der Waals surface area contributed by atoms with E-state index in [9.17, 15) is 0 Å². The Kier molecular flexibility index (Phi) is 4.26. The van der Waals surface area contributed by atoms with E-state index >= 15 is 0 Å². The topological polar surface area (TPSA) is 64.7 Å². The van der Waals surface area contributed by atoms with Crippen LogP contribution in [0.25, 0.3) is 10.9 Å². The van der Waals surface area contributed by atoms with Gasteiger partial charge in [-0.15, -0.1) is 11.8 Å². The summed E-state index contributed by atoms with van der Waals surface area (Å²) in [5.74, 6) is 1.28. The van der Waals surface area contributed by atoms with Gasteiger partial charge in [-0.3, -0.25) is 4.98 Å². The van der Waals surface area contributed by atoms with E-state index in [-0.39, 0.29) is 0 Å². The number of aromatic nitrogens is 3. The van der Waals surface area contributed by atoms with Crippen molar-refractivity contribution in [3.63, 3.8) is 0 Å². The van der Waals surface area contributed by atoms with E-state index < -0.39 is 0 Å². The lowest BCUT2D eigenvalue weighted by Crippen LogP contribution is -1.96. The molecule has 3 aromatic rings. The number of rotatable bonds is 4. The lowest BCUT2D eigenvalue weighted by atomic mass is 10.1. The van der Waals surface area contributed by atoms with E-state index in [0.29, 0.717) is 11.0 Å². The van der Waals surface area contributed by atoms with Crippen molar-refractivity contribution < 1.29 is 0 Å². The number of benzene rings is 1. The predicted molar refractivity (Wildman–Crippen MR) is 89.5 cm³/mol. The van der Waals surface area contributed by atoms with Crippen molar-refractivity contribution in [1.82, 2.24) is 15.0 Å². The highest BCUT2D eigenvalue weighted by Crippen LogP contribution is 2.26. The van der Waals surface area contributed by atoms with Crippen molar-refractivity contribution in [2.75, 3.05) is 12.0 Å². The number of fused-ring (bicyclic) bond motifs is 1. The standard InChI is InChI=1S/C15H14N4S2/c1-20-13-8-12(16)18-15(19-13)21-9-11-5-2-4-10-6-3-7-17-14(10)11/h2-8H,9H2,1H3,(H2,16,18,19). The maximum atomic E-state index is 5.80. The second kappa shape index (κ2) is 6.32. The molecular formula is C15H14N4S2. The average Bonchev–Trinajstić information content (AvgIpc) is 2.52. The molecule has 3 rings (SSSR count). The first-order valence-corrected chi connectivity index (χ1v) is 8.61. The molecule has 2 heterocycles. The Bertz CT molecular complexity index is 771. The summed E-state index contributed by atoms with van der Waals surface area (Å²) in [4.78, 5) is 13.2. The van der Waals surface area contributed by atoms with Crippen LogP contribution in [-0.2, 0) is 5.75 Å². The van der Waals surface area contributed by atoms with Crippen LogP contribution in [0.1, 0.15) is 5.56 Å². The Hall–Kier alpha value is -1.79.